The highest BCUT2D eigenvalue weighted by atomic mass is 19.1. The maximum absolute atomic E-state index is 13.1. The van der Waals surface area contributed by atoms with Crippen LogP contribution >= 0.6 is 0 Å². The number of piperazine rings is 1. The van der Waals surface area contributed by atoms with Gasteiger partial charge in [-0.15, -0.1) is 0 Å². The molecule has 32 heavy (non-hydrogen) atoms. The van der Waals surface area contributed by atoms with Gasteiger partial charge in [-0.2, -0.15) is 5.10 Å². The van der Waals surface area contributed by atoms with Gasteiger partial charge in [-0.3, -0.25) is 9.59 Å². The van der Waals surface area contributed by atoms with E-state index in [9.17, 15) is 14.0 Å². The number of rotatable bonds is 6. The van der Waals surface area contributed by atoms with Gasteiger partial charge in [0.15, 0.2) is 0 Å². The summed E-state index contributed by atoms with van der Waals surface area (Å²) >= 11 is 0. The number of aryl methyl sites for hydroxylation is 2. The molecule has 0 bridgehead atoms. The van der Waals surface area contributed by atoms with Gasteiger partial charge >= 0.3 is 0 Å². The second-order valence-corrected chi connectivity index (χ2v) is 8.09. The maximum Gasteiger partial charge on any atom is 0.266 e. The summed E-state index contributed by atoms with van der Waals surface area (Å²) in [4.78, 5) is 28.8. The summed E-state index contributed by atoms with van der Waals surface area (Å²) in [5.41, 5.74) is 3.67. The van der Waals surface area contributed by atoms with E-state index in [2.05, 4.69) is 10.00 Å². The maximum atomic E-state index is 13.1. The Labute approximate surface area is 186 Å². The van der Waals surface area contributed by atoms with Crippen molar-refractivity contribution < 1.29 is 9.18 Å². The molecule has 1 aliphatic rings. The lowest BCUT2D eigenvalue weighted by atomic mass is 10.1. The van der Waals surface area contributed by atoms with Crippen LogP contribution in [0.2, 0.25) is 0 Å². The first-order valence-corrected chi connectivity index (χ1v) is 10.9. The van der Waals surface area contributed by atoms with Gasteiger partial charge in [0.25, 0.3) is 5.56 Å². The van der Waals surface area contributed by atoms with E-state index in [1.54, 1.807) is 18.2 Å². The number of anilines is 1. The summed E-state index contributed by atoms with van der Waals surface area (Å²) in [6, 6.07) is 17.7. The Kier molecular flexibility index (Phi) is 6.63. The van der Waals surface area contributed by atoms with Crippen LogP contribution in [0.4, 0.5) is 10.1 Å². The Morgan fingerprint density at radius 1 is 0.938 bits per heavy atom. The molecular weight excluding hydrogens is 407 g/mol. The van der Waals surface area contributed by atoms with Gasteiger partial charge in [0.1, 0.15) is 5.82 Å². The van der Waals surface area contributed by atoms with Crippen LogP contribution in [0.3, 0.4) is 0 Å². The highest BCUT2D eigenvalue weighted by Gasteiger charge is 2.21. The molecule has 0 spiro atoms. The SMILES string of the molecule is Cc1ccc(-c2ccc(=O)n(CCCC(=O)N3CCN(c4ccc(F)cc4)CC3)n2)cc1. The fourth-order valence-corrected chi connectivity index (χ4v) is 3.89. The molecule has 1 aromatic heterocycles. The minimum atomic E-state index is -0.249. The molecule has 0 radical (unpaired) electrons. The van der Waals surface area contributed by atoms with Crippen molar-refractivity contribution >= 4 is 11.6 Å². The highest BCUT2D eigenvalue weighted by Crippen LogP contribution is 2.18. The number of aromatic nitrogens is 2. The monoisotopic (exact) mass is 434 g/mol. The third-order valence-corrected chi connectivity index (χ3v) is 5.80. The molecule has 2 aromatic carbocycles. The molecule has 7 heteroatoms. The molecule has 6 nitrogen and oxygen atoms in total. The highest BCUT2D eigenvalue weighted by molar-refractivity contribution is 5.76. The van der Waals surface area contributed by atoms with E-state index in [4.69, 9.17) is 0 Å². The van der Waals surface area contributed by atoms with Crippen molar-refractivity contribution in [3.8, 4) is 11.3 Å². The summed E-state index contributed by atoms with van der Waals surface area (Å²) in [5.74, 6) is -0.160. The Balaban J connectivity index is 1.29. The minimum Gasteiger partial charge on any atom is -0.368 e. The first-order chi connectivity index (χ1) is 15.5. The van der Waals surface area contributed by atoms with Crippen LogP contribution in [0.15, 0.2) is 65.5 Å². The molecule has 1 fully saturated rings. The molecule has 1 saturated heterocycles. The fourth-order valence-electron chi connectivity index (χ4n) is 3.89. The number of amides is 1. The zero-order chi connectivity index (χ0) is 22.5. The molecule has 4 rings (SSSR count). The third-order valence-electron chi connectivity index (χ3n) is 5.80. The van der Waals surface area contributed by atoms with Crippen molar-refractivity contribution in [1.82, 2.24) is 14.7 Å². The molecule has 166 valence electrons. The van der Waals surface area contributed by atoms with Gasteiger partial charge in [0.05, 0.1) is 5.69 Å². The van der Waals surface area contributed by atoms with E-state index >= 15 is 0 Å². The Bertz CT molecular complexity index is 1120. The number of halogens is 1. The van der Waals surface area contributed by atoms with Crippen molar-refractivity contribution in [3.63, 3.8) is 0 Å². The van der Waals surface area contributed by atoms with E-state index < -0.39 is 0 Å². The number of hydrogen-bond donors (Lipinski definition) is 0. The molecule has 0 atom stereocenters. The molecule has 3 aromatic rings. The minimum absolute atomic E-state index is 0.0893. The second-order valence-electron chi connectivity index (χ2n) is 8.09. The lowest BCUT2D eigenvalue weighted by molar-refractivity contribution is -0.131. The quantitative estimate of drug-likeness (QED) is 0.596. The summed E-state index contributed by atoms with van der Waals surface area (Å²) < 4.78 is 14.6. The first kappa shape index (κ1) is 21.7. The van der Waals surface area contributed by atoms with Gasteiger partial charge in [0, 0.05) is 56.5 Å². The van der Waals surface area contributed by atoms with Crippen LogP contribution in [0, 0.1) is 12.7 Å². The second kappa shape index (κ2) is 9.77. The van der Waals surface area contributed by atoms with E-state index in [1.807, 2.05) is 36.1 Å². The first-order valence-electron chi connectivity index (χ1n) is 10.9. The molecule has 1 amide bonds. The predicted octanol–water partition coefficient (Wildman–Crippen LogP) is 3.49. The molecule has 0 N–H and O–H groups in total. The largest absolute Gasteiger partial charge is 0.368 e. The summed E-state index contributed by atoms with van der Waals surface area (Å²) in [6.07, 6.45) is 0.931. The van der Waals surface area contributed by atoms with E-state index in [0.29, 0.717) is 32.5 Å². The van der Waals surface area contributed by atoms with Crippen molar-refractivity contribution in [2.75, 3.05) is 31.1 Å². The topological polar surface area (TPSA) is 58.4 Å². The van der Waals surface area contributed by atoms with Gasteiger partial charge in [-0.25, -0.2) is 9.07 Å². The van der Waals surface area contributed by atoms with Gasteiger partial charge < -0.3 is 9.80 Å². The van der Waals surface area contributed by atoms with Crippen LogP contribution < -0.4 is 10.5 Å². The van der Waals surface area contributed by atoms with Crippen molar-refractivity contribution in [2.45, 2.75) is 26.3 Å². The molecule has 0 saturated carbocycles. The van der Waals surface area contributed by atoms with Crippen molar-refractivity contribution in [3.05, 3.63) is 82.4 Å². The summed E-state index contributed by atoms with van der Waals surface area (Å²) in [6.45, 7) is 5.14. The van der Waals surface area contributed by atoms with Gasteiger partial charge in [-0.05, 0) is 43.7 Å². The fraction of sp³-hybridized carbons (Fsp3) is 0.320. The summed E-state index contributed by atoms with van der Waals surface area (Å²) in [5, 5.41) is 4.48. The van der Waals surface area contributed by atoms with E-state index in [1.165, 1.54) is 28.4 Å². The zero-order valence-corrected chi connectivity index (χ0v) is 18.2. The number of carbonyl (C=O) groups is 1. The van der Waals surface area contributed by atoms with Crippen molar-refractivity contribution in [1.29, 1.82) is 0 Å². The zero-order valence-electron chi connectivity index (χ0n) is 18.2. The Hall–Kier alpha value is -3.48. The lowest BCUT2D eigenvalue weighted by Gasteiger charge is -2.36. The number of hydrogen-bond acceptors (Lipinski definition) is 4. The van der Waals surface area contributed by atoms with Crippen LogP contribution in [-0.4, -0.2) is 46.8 Å². The molecular formula is C25H27FN4O2. The number of carbonyl (C=O) groups excluding carboxylic acids is 1. The number of nitrogens with zero attached hydrogens (tertiary/aromatic N) is 4. The smallest absolute Gasteiger partial charge is 0.266 e. The normalized spacial score (nSPS) is 13.9. The Morgan fingerprint density at radius 2 is 1.62 bits per heavy atom. The average molecular weight is 435 g/mol. The van der Waals surface area contributed by atoms with Crippen LogP contribution in [0.25, 0.3) is 11.3 Å². The third kappa shape index (κ3) is 5.22. The molecule has 0 unspecified atom stereocenters. The summed E-state index contributed by atoms with van der Waals surface area (Å²) in [7, 11) is 0. The Morgan fingerprint density at radius 3 is 2.31 bits per heavy atom. The lowest BCUT2D eigenvalue weighted by Crippen LogP contribution is -2.48. The molecule has 2 heterocycles. The van der Waals surface area contributed by atoms with Gasteiger partial charge in [-0.1, -0.05) is 29.8 Å². The van der Waals surface area contributed by atoms with E-state index in [-0.39, 0.29) is 17.3 Å². The standard InChI is InChI=1S/C25H27FN4O2/c1-19-4-6-20(7-5-19)23-12-13-25(32)30(27-23)14-2-3-24(31)29-17-15-28(16-18-29)22-10-8-21(26)9-11-22/h4-13H,2-3,14-18H2,1H3. The van der Waals surface area contributed by atoms with Crippen LogP contribution in [-0.2, 0) is 11.3 Å². The molecule has 1 aliphatic heterocycles. The average Bonchev–Trinajstić information content (AvgIpc) is 2.81. The van der Waals surface area contributed by atoms with Crippen LogP contribution in [0.5, 0.6) is 0 Å². The van der Waals surface area contributed by atoms with Crippen LogP contribution in [0.1, 0.15) is 18.4 Å². The predicted molar refractivity (Wildman–Crippen MR) is 123 cm³/mol. The van der Waals surface area contributed by atoms with Crippen molar-refractivity contribution in [2.24, 2.45) is 0 Å². The van der Waals surface area contributed by atoms with E-state index in [0.717, 1.165) is 30.0 Å². The number of benzene rings is 2. The molecule has 0 aliphatic carbocycles. The van der Waals surface area contributed by atoms with Gasteiger partial charge in [0.2, 0.25) is 5.91 Å².